The molecule has 0 unspecified atom stereocenters. The minimum Gasteiger partial charge on any atom is -0.379 e. The van der Waals surface area contributed by atoms with Gasteiger partial charge in [0.1, 0.15) is 0 Å². The van der Waals surface area contributed by atoms with Gasteiger partial charge < -0.3 is 4.74 Å². The van der Waals surface area contributed by atoms with Gasteiger partial charge in [-0.2, -0.15) is 0 Å². The maximum atomic E-state index is 5.51. The number of nitrogens with zero attached hydrogens (tertiary/aromatic N) is 1. The summed E-state index contributed by atoms with van der Waals surface area (Å²) in [4.78, 5) is 2.76. The Hall–Kier alpha value is -0.0800. The van der Waals surface area contributed by atoms with Crippen molar-refractivity contribution in [1.29, 1.82) is 0 Å². The second-order valence-corrected chi connectivity index (χ2v) is 6.84. The topological polar surface area (TPSA) is 12.5 Å². The summed E-state index contributed by atoms with van der Waals surface area (Å²) in [6, 6.07) is 0. The van der Waals surface area contributed by atoms with Gasteiger partial charge in [0.2, 0.25) is 0 Å². The van der Waals surface area contributed by atoms with Gasteiger partial charge in [0, 0.05) is 18.6 Å². The molecule has 98 valence electrons. The Bertz CT molecular complexity index is 256. The van der Waals surface area contributed by atoms with E-state index in [1.165, 1.54) is 51.6 Å². The third kappa shape index (κ3) is 1.84. The van der Waals surface area contributed by atoms with Crippen LogP contribution in [0.25, 0.3) is 0 Å². The van der Waals surface area contributed by atoms with Gasteiger partial charge in [-0.25, -0.2) is 0 Å². The number of morpholine rings is 1. The average molecular weight is 237 g/mol. The fourth-order valence-corrected chi connectivity index (χ4v) is 4.57. The first-order valence-corrected chi connectivity index (χ1v) is 7.50. The van der Waals surface area contributed by atoms with Crippen molar-refractivity contribution >= 4 is 0 Å². The van der Waals surface area contributed by atoms with Crippen molar-refractivity contribution < 1.29 is 4.74 Å². The molecule has 3 saturated carbocycles. The molecule has 2 bridgehead atoms. The summed E-state index contributed by atoms with van der Waals surface area (Å²) in [5, 5.41) is 0. The molecule has 0 aromatic rings. The third-order valence-corrected chi connectivity index (χ3v) is 6.17. The Morgan fingerprint density at radius 2 is 1.41 bits per heavy atom. The van der Waals surface area contributed by atoms with Gasteiger partial charge in [-0.1, -0.05) is 13.8 Å². The van der Waals surface area contributed by atoms with Gasteiger partial charge in [0.05, 0.1) is 13.2 Å². The first kappa shape index (κ1) is 12.0. The Balaban J connectivity index is 1.72. The van der Waals surface area contributed by atoms with Crippen LogP contribution in [0, 0.1) is 11.3 Å². The summed E-state index contributed by atoms with van der Waals surface area (Å²) in [7, 11) is 0. The lowest BCUT2D eigenvalue weighted by Gasteiger charge is -2.59. The molecule has 0 amide bonds. The minimum atomic E-state index is 0.570. The summed E-state index contributed by atoms with van der Waals surface area (Å²) < 4.78 is 5.51. The predicted octanol–water partition coefficient (Wildman–Crippen LogP) is 3.07. The molecule has 1 aliphatic heterocycles. The normalized spacial score (nSPS) is 43.2. The second kappa shape index (κ2) is 4.24. The third-order valence-electron chi connectivity index (χ3n) is 6.17. The molecule has 3 aliphatic carbocycles. The van der Waals surface area contributed by atoms with Crippen LogP contribution in [0.15, 0.2) is 0 Å². The molecule has 0 aromatic carbocycles. The van der Waals surface area contributed by atoms with Crippen LogP contribution in [0.3, 0.4) is 0 Å². The zero-order valence-corrected chi connectivity index (χ0v) is 11.5. The smallest absolute Gasteiger partial charge is 0.0594 e. The van der Waals surface area contributed by atoms with Crippen molar-refractivity contribution in [3.8, 4) is 0 Å². The van der Waals surface area contributed by atoms with Gasteiger partial charge in [0.25, 0.3) is 0 Å². The van der Waals surface area contributed by atoms with Crippen molar-refractivity contribution in [3.05, 3.63) is 0 Å². The molecule has 0 spiro atoms. The lowest BCUT2D eigenvalue weighted by atomic mass is 9.53. The van der Waals surface area contributed by atoms with Crippen LogP contribution in [-0.4, -0.2) is 36.7 Å². The molecule has 2 heteroatoms. The summed E-state index contributed by atoms with van der Waals surface area (Å²) in [6.07, 6.45) is 8.77. The van der Waals surface area contributed by atoms with E-state index in [-0.39, 0.29) is 0 Å². The fourth-order valence-electron chi connectivity index (χ4n) is 4.57. The van der Waals surface area contributed by atoms with E-state index in [0.29, 0.717) is 11.0 Å². The maximum Gasteiger partial charge on any atom is 0.0594 e. The van der Waals surface area contributed by atoms with Crippen molar-refractivity contribution in [2.24, 2.45) is 11.3 Å². The highest BCUT2D eigenvalue weighted by Crippen LogP contribution is 2.57. The van der Waals surface area contributed by atoms with Gasteiger partial charge in [-0.05, 0) is 49.9 Å². The van der Waals surface area contributed by atoms with Crippen molar-refractivity contribution in [1.82, 2.24) is 4.90 Å². The molecule has 17 heavy (non-hydrogen) atoms. The quantitative estimate of drug-likeness (QED) is 0.732. The van der Waals surface area contributed by atoms with E-state index in [0.717, 1.165) is 19.1 Å². The minimum absolute atomic E-state index is 0.570. The van der Waals surface area contributed by atoms with E-state index in [4.69, 9.17) is 4.74 Å². The SMILES string of the molecule is CC(C)C12CCC(N3CCOCC3)(CC1)CC2. The van der Waals surface area contributed by atoms with Crippen LogP contribution in [-0.2, 0) is 4.74 Å². The first-order valence-electron chi connectivity index (χ1n) is 7.50. The largest absolute Gasteiger partial charge is 0.379 e. The summed E-state index contributed by atoms with van der Waals surface area (Å²) >= 11 is 0. The Labute approximate surface area is 106 Å². The highest BCUT2D eigenvalue weighted by atomic mass is 16.5. The highest BCUT2D eigenvalue weighted by molar-refractivity contribution is 5.06. The van der Waals surface area contributed by atoms with Gasteiger partial charge >= 0.3 is 0 Å². The van der Waals surface area contributed by atoms with Gasteiger partial charge in [-0.3, -0.25) is 4.90 Å². The van der Waals surface area contributed by atoms with E-state index < -0.39 is 0 Å². The van der Waals surface area contributed by atoms with E-state index in [2.05, 4.69) is 18.7 Å². The second-order valence-electron chi connectivity index (χ2n) is 6.84. The van der Waals surface area contributed by atoms with Gasteiger partial charge in [0.15, 0.2) is 0 Å². The van der Waals surface area contributed by atoms with E-state index >= 15 is 0 Å². The van der Waals surface area contributed by atoms with Crippen LogP contribution in [0.1, 0.15) is 52.4 Å². The van der Waals surface area contributed by atoms with Crippen molar-refractivity contribution in [2.45, 2.75) is 57.9 Å². The van der Waals surface area contributed by atoms with E-state index in [1.54, 1.807) is 0 Å². The molecule has 0 atom stereocenters. The molecule has 1 saturated heterocycles. The van der Waals surface area contributed by atoms with Crippen LogP contribution in [0.4, 0.5) is 0 Å². The Morgan fingerprint density at radius 3 is 1.88 bits per heavy atom. The van der Waals surface area contributed by atoms with Crippen molar-refractivity contribution in [2.75, 3.05) is 26.3 Å². The van der Waals surface area contributed by atoms with Crippen LogP contribution < -0.4 is 0 Å². The molecule has 0 radical (unpaired) electrons. The molecular formula is C15H27NO. The monoisotopic (exact) mass is 237 g/mol. The van der Waals surface area contributed by atoms with Crippen LogP contribution >= 0.6 is 0 Å². The highest BCUT2D eigenvalue weighted by Gasteiger charge is 2.52. The van der Waals surface area contributed by atoms with Crippen LogP contribution in [0.2, 0.25) is 0 Å². The molecule has 4 fully saturated rings. The zero-order chi connectivity index (χ0) is 11.9. The molecule has 4 aliphatic rings. The average Bonchev–Trinajstić information content (AvgIpc) is 2.42. The Kier molecular flexibility index (Phi) is 2.99. The molecule has 2 nitrogen and oxygen atoms in total. The number of ether oxygens (including phenoxy) is 1. The lowest BCUT2D eigenvalue weighted by Crippen LogP contribution is -2.60. The molecular weight excluding hydrogens is 210 g/mol. The molecule has 4 rings (SSSR count). The number of hydrogen-bond donors (Lipinski definition) is 0. The number of hydrogen-bond acceptors (Lipinski definition) is 2. The van der Waals surface area contributed by atoms with Crippen molar-refractivity contribution in [3.63, 3.8) is 0 Å². The first-order chi connectivity index (χ1) is 8.17. The van der Waals surface area contributed by atoms with E-state index in [9.17, 15) is 0 Å². The standard InChI is InChI=1S/C15H27NO/c1-13(2)14-3-6-15(7-4-14,8-5-14)16-9-11-17-12-10-16/h13H,3-12H2,1-2H3. The molecule has 1 heterocycles. The fraction of sp³-hybridized carbons (Fsp3) is 1.00. The summed E-state index contributed by atoms with van der Waals surface area (Å²) in [5.41, 5.74) is 1.27. The van der Waals surface area contributed by atoms with Gasteiger partial charge in [-0.15, -0.1) is 0 Å². The molecule has 0 aromatic heterocycles. The number of rotatable bonds is 2. The summed E-state index contributed by atoms with van der Waals surface area (Å²) in [5.74, 6) is 0.880. The van der Waals surface area contributed by atoms with Crippen LogP contribution in [0.5, 0.6) is 0 Å². The lowest BCUT2D eigenvalue weighted by molar-refractivity contribution is -0.103. The zero-order valence-electron chi connectivity index (χ0n) is 11.5. The Morgan fingerprint density at radius 1 is 0.882 bits per heavy atom. The maximum absolute atomic E-state index is 5.51. The van der Waals surface area contributed by atoms with E-state index in [1.807, 2.05) is 0 Å². The predicted molar refractivity (Wildman–Crippen MR) is 70.1 cm³/mol. The number of fused-ring (bicyclic) bond motifs is 3. The summed E-state index contributed by atoms with van der Waals surface area (Å²) in [6.45, 7) is 9.14. The molecule has 0 N–H and O–H groups in total.